The summed E-state index contributed by atoms with van der Waals surface area (Å²) in [6.45, 7) is 2.10. The maximum atomic E-state index is 12.5. The van der Waals surface area contributed by atoms with Crippen molar-refractivity contribution in [3.63, 3.8) is 0 Å². The first kappa shape index (κ1) is 24.9. The molecule has 0 spiro atoms. The van der Waals surface area contributed by atoms with E-state index >= 15 is 0 Å². The maximum absolute atomic E-state index is 12.5. The fraction of sp³-hybridized carbons (Fsp3) is 0.400. The van der Waals surface area contributed by atoms with Crippen molar-refractivity contribution in [2.45, 2.75) is 63.8 Å². The van der Waals surface area contributed by atoms with Crippen molar-refractivity contribution in [1.82, 2.24) is 5.32 Å². The Morgan fingerprint density at radius 3 is 2.46 bits per heavy atom. The van der Waals surface area contributed by atoms with Crippen molar-refractivity contribution in [2.24, 2.45) is 0 Å². The summed E-state index contributed by atoms with van der Waals surface area (Å²) in [7, 11) is 0. The van der Waals surface area contributed by atoms with E-state index < -0.39 is 5.97 Å². The molecule has 1 heterocycles. The van der Waals surface area contributed by atoms with Crippen molar-refractivity contribution in [3.05, 3.63) is 65.2 Å². The molecule has 0 aromatic heterocycles. The minimum Gasteiger partial charge on any atom is -0.484 e. The molecule has 5 rings (SSSR count). The fourth-order valence-corrected chi connectivity index (χ4v) is 5.41. The van der Waals surface area contributed by atoms with Gasteiger partial charge < -0.3 is 24.6 Å². The summed E-state index contributed by atoms with van der Waals surface area (Å²) in [5.41, 5.74) is 2.74. The van der Waals surface area contributed by atoms with Gasteiger partial charge in [0.2, 0.25) is 6.79 Å². The number of ether oxygens (including phenoxy) is 3. The van der Waals surface area contributed by atoms with Crippen LogP contribution in [0.3, 0.4) is 0 Å². The normalized spacial score (nSPS) is 16.2. The zero-order valence-corrected chi connectivity index (χ0v) is 21.1. The third-order valence-corrected chi connectivity index (χ3v) is 7.34. The van der Waals surface area contributed by atoms with Gasteiger partial charge >= 0.3 is 5.97 Å². The van der Waals surface area contributed by atoms with Crippen LogP contribution in [0.25, 0.3) is 10.8 Å². The van der Waals surface area contributed by atoms with Crippen LogP contribution in [-0.2, 0) is 9.59 Å². The van der Waals surface area contributed by atoms with Crippen LogP contribution in [0.5, 0.6) is 17.2 Å². The lowest BCUT2D eigenvalue weighted by Gasteiger charge is -2.20. The minimum atomic E-state index is -0.876. The number of nitrogens with one attached hydrogen (secondary N) is 1. The lowest BCUT2D eigenvalue weighted by molar-refractivity contribution is -0.137. The van der Waals surface area contributed by atoms with Crippen molar-refractivity contribution in [2.75, 3.05) is 13.4 Å². The molecule has 2 aliphatic rings. The highest BCUT2D eigenvalue weighted by atomic mass is 16.7. The van der Waals surface area contributed by atoms with Gasteiger partial charge in [-0.3, -0.25) is 9.59 Å². The van der Waals surface area contributed by atoms with Gasteiger partial charge in [-0.25, -0.2) is 0 Å². The quantitative estimate of drug-likeness (QED) is 0.383. The van der Waals surface area contributed by atoms with Gasteiger partial charge in [-0.2, -0.15) is 0 Å². The Kier molecular flexibility index (Phi) is 7.49. The van der Waals surface area contributed by atoms with Gasteiger partial charge in [0.05, 0.1) is 6.42 Å². The molecule has 1 fully saturated rings. The van der Waals surface area contributed by atoms with Crippen LogP contribution in [0.2, 0.25) is 0 Å². The lowest BCUT2D eigenvalue weighted by atomic mass is 9.85. The summed E-state index contributed by atoms with van der Waals surface area (Å²) < 4.78 is 16.9. The van der Waals surface area contributed by atoms with Gasteiger partial charge in [-0.05, 0) is 71.5 Å². The molecule has 1 atom stereocenters. The molecular formula is C30H33NO6. The highest BCUT2D eigenvalue weighted by Gasteiger charge is 2.24. The van der Waals surface area contributed by atoms with Gasteiger partial charge in [0.25, 0.3) is 5.91 Å². The van der Waals surface area contributed by atoms with Crippen LogP contribution in [0.15, 0.2) is 48.5 Å². The summed E-state index contributed by atoms with van der Waals surface area (Å²) in [4.78, 5) is 24.3. The predicted octanol–water partition coefficient (Wildman–Crippen LogP) is 5.70. The molecule has 1 amide bonds. The molecule has 0 radical (unpaired) electrons. The molecular weight excluding hydrogens is 470 g/mol. The summed E-state index contributed by atoms with van der Waals surface area (Å²) >= 11 is 0. The number of carboxylic acid groups (broad SMARTS) is 1. The number of benzene rings is 3. The van der Waals surface area contributed by atoms with E-state index in [1.54, 1.807) is 0 Å². The lowest BCUT2D eigenvalue weighted by Crippen LogP contribution is -2.37. The van der Waals surface area contributed by atoms with Crippen molar-refractivity contribution < 1.29 is 28.9 Å². The van der Waals surface area contributed by atoms with E-state index in [0.717, 1.165) is 53.1 Å². The van der Waals surface area contributed by atoms with Gasteiger partial charge in [-0.15, -0.1) is 0 Å². The first-order chi connectivity index (χ1) is 18.0. The second kappa shape index (κ2) is 11.1. The third-order valence-electron chi connectivity index (χ3n) is 7.34. The van der Waals surface area contributed by atoms with E-state index in [4.69, 9.17) is 14.2 Å². The smallest absolute Gasteiger partial charge is 0.304 e. The Hall–Kier alpha value is -3.74. The maximum Gasteiger partial charge on any atom is 0.304 e. The zero-order valence-electron chi connectivity index (χ0n) is 21.1. The monoisotopic (exact) mass is 503 g/mol. The molecule has 7 nitrogen and oxygen atoms in total. The molecule has 1 saturated carbocycles. The first-order valence-corrected chi connectivity index (χ1v) is 13.0. The Balaban J connectivity index is 1.35. The highest BCUT2D eigenvalue weighted by molar-refractivity contribution is 5.85. The first-order valence-electron chi connectivity index (χ1n) is 13.0. The molecule has 0 unspecified atom stereocenters. The standard InChI is InChI=1S/C30H33NO6/c1-19-12-27-28(37-18-36-27)15-25(19)26(16-30(33)34)21-9-8-20-10-11-24(14-22(20)13-21)35-17-29(32)31-23-6-4-2-3-5-7-23/h8-15,23,26H,2-7,16-18H2,1H3,(H,31,32)(H,33,34)/t26-/m0/s1. The number of hydrogen-bond acceptors (Lipinski definition) is 5. The molecule has 7 heteroatoms. The topological polar surface area (TPSA) is 94.1 Å². The van der Waals surface area contributed by atoms with Gasteiger partial charge in [0.15, 0.2) is 18.1 Å². The minimum absolute atomic E-state index is 0.0280. The number of hydrogen-bond donors (Lipinski definition) is 2. The Morgan fingerprint density at radius 1 is 0.973 bits per heavy atom. The third kappa shape index (κ3) is 5.98. The number of carboxylic acids is 1. The number of aryl methyl sites for hydroxylation is 1. The summed E-state index contributed by atoms with van der Waals surface area (Å²) in [6, 6.07) is 15.7. The number of rotatable bonds is 8. The van der Waals surface area contributed by atoms with E-state index in [1.807, 2.05) is 55.5 Å². The molecule has 1 aliphatic carbocycles. The van der Waals surface area contributed by atoms with Crippen molar-refractivity contribution in [1.29, 1.82) is 0 Å². The van der Waals surface area contributed by atoms with Crippen molar-refractivity contribution >= 4 is 22.6 Å². The highest BCUT2D eigenvalue weighted by Crippen LogP contribution is 2.40. The SMILES string of the molecule is Cc1cc2c(cc1[C@@H](CC(=O)O)c1ccc3ccc(OCC(=O)NC4CCCCCC4)cc3c1)OCO2. The summed E-state index contributed by atoms with van der Waals surface area (Å²) in [5, 5.41) is 14.7. The van der Waals surface area contributed by atoms with Crippen LogP contribution in [0, 0.1) is 6.92 Å². The number of carbonyl (C=O) groups is 2. The van der Waals surface area contributed by atoms with Crippen LogP contribution in [-0.4, -0.2) is 36.4 Å². The van der Waals surface area contributed by atoms with Crippen LogP contribution >= 0.6 is 0 Å². The average molecular weight is 504 g/mol. The second-order valence-corrected chi connectivity index (χ2v) is 10.0. The van der Waals surface area contributed by atoms with E-state index in [-0.39, 0.29) is 37.7 Å². The molecule has 1 aliphatic heterocycles. The van der Waals surface area contributed by atoms with Crippen LogP contribution in [0.1, 0.15) is 67.6 Å². The largest absolute Gasteiger partial charge is 0.484 e. The molecule has 3 aromatic carbocycles. The fourth-order valence-electron chi connectivity index (χ4n) is 5.41. The number of fused-ring (bicyclic) bond motifs is 2. The number of aliphatic carboxylic acids is 1. The molecule has 194 valence electrons. The molecule has 0 bridgehead atoms. The van der Waals surface area contributed by atoms with E-state index in [1.165, 1.54) is 12.8 Å². The van der Waals surface area contributed by atoms with E-state index in [9.17, 15) is 14.7 Å². The Morgan fingerprint density at radius 2 is 1.70 bits per heavy atom. The Bertz CT molecular complexity index is 1290. The van der Waals surface area contributed by atoms with Crippen molar-refractivity contribution in [3.8, 4) is 17.2 Å². The predicted molar refractivity (Wildman–Crippen MR) is 140 cm³/mol. The van der Waals surface area contributed by atoms with Crippen LogP contribution < -0.4 is 19.5 Å². The molecule has 37 heavy (non-hydrogen) atoms. The summed E-state index contributed by atoms with van der Waals surface area (Å²) in [6.07, 6.45) is 6.81. The van der Waals surface area contributed by atoms with E-state index in [2.05, 4.69) is 5.32 Å². The molecule has 2 N–H and O–H groups in total. The van der Waals surface area contributed by atoms with Gasteiger partial charge in [0, 0.05) is 12.0 Å². The molecule has 3 aromatic rings. The number of carbonyl (C=O) groups excluding carboxylic acids is 1. The van der Waals surface area contributed by atoms with E-state index in [0.29, 0.717) is 17.2 Å². The second-order valence-electron chi connectivity index (χ2n) is 10.0. The molecule has 0 saturated heterocycles. The van der Waals surface area contributed by atoms with Gasteiger partial charge in [0.1, 0.15) is 5.75 Å². The van der Waals surface area contributed by atoms with Gasteiger partial charge in [-0.1, -0.05) is 49.9 Å². The Labute approximate surface area is 216 Å². The average Bonchev–Trinajstić information content (AvgIpc) is 3.18. The zero-order chi connectivity index (χ0) is 25.8. The number of amides is 1. The summed E-state index contributed by atoms with van der Waals surface area (Å²) in [5.74, 6) is 0.591. The van der Waals surface area contributed by atoms with Crippen LogP contribution in [0.4, 0.5) is 0 Å².